The van der Waals surface area contributed by atoms with E-state index in [1.165, 1.54) is 23.1 Å². The van der Waals surface area contributed by atoms with E-state index < -0.39 is 0 Å². The van der Waals surface area contributed by atoms with Gasteiger partial charge in [-0.3, -0.25) is 14.2 Å². The maximum absolute atomic E-state index is 13.7. The molecule has 2 aromatic carbocycles. The number of nitrogens with one attached hydrogen (secondary N) is 1. The summed E-state index contributed by atoms with van der Waals surface area (Å²) in [4.78, 5) is 33.0. The summed E-state index contributed by atoms with van der Waals surface area (Å²) in [6.07, 6.45) is 0.829. The predicted octanol–water partition coefficient (Wildman–Crippen LogP) is 5.07. The molecule has 4 rings (SSSR count). The van der Waals surface area contributed by atoms with Crippen LogP contribution in [0.25, 0.3) is 15.9 Å². The first-order valence-corrected chi connectivity index (χ1v) is 12.5. The van der Waals surface area contributed by atoms with E-state index >= 15 is 0 Å². The minimum Gasteiger partial charge on any atom is -0.497 e. The molecule has 0 aliphatic heterocycles. The van der Waals surface area contributed by atoms with Crippen molar-refractivity contribution in [3.05, 3.63) is 69.3 Å². The number of amides is 1. The van der Waals surface area contributed by atoms with Crippen molar-refractivity contribution in [2.24, 2.45) is 0 Å². The van der Waals surface area contributed by atoms with Gasteiger partial charge in [0.25, 0.3) is 5.56 Å². The number of anilines is 1. The number of carbonyl (C=O) groups excluding carboxylic acids is 1. The van der Waals surface area contributed by atoms with E-state index in [1.807, 2.05) is 37.3 Å². The molecule has 2 heterocycles. The van der Waals surface area contributed by atoms with Gasteiger partial charge in [0, 0.05) is 10.9 Å². The van der Waals surface area contributed by atoms with E-state index in [9.17, 15) is 9.59 Å². The fourth-order valence-corrected chi connectivity index (χ4v) is 5.66. The largest absolute Gasteiger partial charge is 0.497 e. The second kappa shape index (κ2) is 10.3. The van der Waals surface area contributed by atoms with Crippen LogP contribution in [0.3, 0.4) is 0 Å². The lowest BCUT2D eigenvalue weighted by Crippen LogP contribution is -2.23. The summed E-state index contributed by atoms with van der Waals surface area (Å²) in [5.41, 5.74) is 2.03. The number of ether oxygens (including phenoxy) is 2. The molecule has 176 valence electrons. The fraction of sp³-hybridized carbons (Fsp3) is 0.240. The van der Waals surface area contributed by atoms with E-state index in [2.05, 4.69) is 12.2 Å². The van der Waals surface area contributed by atoms with Gasteiger partial charge in [0.1, 0.15) is 16.3 Å². The molecule has 0 spiro atoms. The number of aryl methyl sites for hydroxylation is 2. The molecular formula is C25H25N3O4S2. The molecular weight excluding hydrogens is 470 g/mol. The molecule has 0 unspecified atom stereocenters. The summed E-state index contributed by atoms with van der Waals surface area (Å²) < 4.78 is 12.2. The SMILES string of the molecule is CCc1sc2nc(SCC(=O)Nc3ccccc3OC)n(-c3cccc(OC)c3)c(=O)c2c1C. The van der Waals surface area contributed by atoms with Crippen LogP contribution in [-0.4, -0.2) is 35.4 Å². The molecule has 0 saturated heterocycles. The zero-order valence-corrected chi connectivity index (χ0v) is 21.0. The third-order valence-electron chi connectivity index (χ3n) is 5.38. The number of thiophene rings is 1. The van der Waals surface area contributed by atoms with Gasteiger partial charge >= 0.3 is 0 Å². The number of hydrogen-bond donors (Lipinski definition) is 1. The minimum absolute atomic E-state index is 0.0744. The van der Waals surface area contributed by atoms with Gasteiger partial charge in [0.2, 0.25) is 5.91 Å². The van der Waals surface area contributed by atoms with E-state index in [4.69, 9.17) is 14.5 Å². The lowest BCUT2D eigenvalue weighted by atomic mass is 10.2. The average Bonchev–Trinajstić information content (AvgIpc) is 3.18. The van der Waals surface area contributed by atoms with Crippen molar-refractivity contribution in [2.75, 3.05) is 25.3 Å². The topological polar surface area (TPSA) is 82.4 Å². The number of para-hydroxylation sites is 2. The smallest absolute Gasteiger partial charge is 0.267 e. The van der Waals surface area contributed by atoms with Gasteiger partial charge in [-0.1, -0.05) is 36.9 Å². The maximum Gasteiger partial charge on any atom is 0.267 e. The molecule has 1 N–H and O–H groups in total. The number of fused-ring (bicyclic) bond motifs is 1. The first kappa shape index (κ1) is 23.8. The van der Waals surface area contributed by atoms with Crippen molar-refractivity contribution in [2.45, 2.75) is 25.4 Å². The number of aromatic nitrogens is 2. The quantitative estimate of drug-likeness (QED) is 0.272. The summed E-state index contributed by atoms with van der Waals surface area (Å²) in [7, 11) is 3.14. The van der Waals surface area contributed by atoms with Crippen LogP contribution in [0.15, 0.2) is 58.5 Å². The molecule has 34 heavy (non-hydrogen) atoms. The summed E-state index contributed by atoms with van der Waals surface area (Å²) in [6, 6.07) is 14.5. The van der Waals surface area contributed by atoms with Crippen LogP contribution >= 0.6 is 23.1 Å². The first-order valence-electron chi connectivity index (χ1n) is 10.7. The van der Waals surface area contributed by atoms with E-state index in [-0.39, 0.29) is 17.2 Å². The van der Waals surface area contributed by atoms with Gasteiger partial charge in [0.05, 0.1) is 36.7 Å². The van der Waals surface area contributed by atoms with Crippen molar-refractivity contribution in [1.82, 2.24) is 9.55 Å². The third kappa shape index (κ3) is 4.67. The van der Waals surface area contributed by atoms with Crippen LogP contribution in [0.1, 0.15) is 17.4 Å². The second-order valence-corrected chi connectivity index (χ2v) is 9.48. The van der Waals surface area contributed by atoms with Gasteiger partial charge in [-0.25, -0.2) is 4.98 Å². The summed E-state index contributed by atoms with van der Waals surface area (Å²) in [6.45, 7) is 4.03. The fourth-order valence-electron chi connectivity index (χ4n) is 3.69. The normalized spacial score (nSPS) is 10.9. The Bertz CT molecular complexity index is 1410. The number of rotatable bonds is 8. The van der Waals surface area contributed by atoms with Crippen LogP contribution < -0.4 is 20.3 Å². The highest BCUT2D eigenvalue weighted by atomic mass is 32.2. The Morgan fingerprint density at radius 1 is 1.15 bits per heavy atom. The maximum atomic E-state index is 13.7. The Balaban J connectivity index is 1.73. The number of thioether (sulfide) groups is 1. The Hall–Kier alpha value is -3.30. The van der Waals surface area contributed by atoms with Gasteiger partial charge < -0.3 is 14.8 Å². The molecule has 7 nitrogen and oxygen atoms in total. The summed E-state index contributed by atoms with van der Waals surface area (Å²) in [5.74, 6) is 1.06. The van der Waals surface area contributed by atoms with E-state index in [0.29, 0.717) is 38.2 Å². The standard InChI is InChI=1S/C25H25N3O4S2/c1-5-20-15(2)22-23(34-20)27-25(28(24(22)30)16-9-8-10-17(13-16)31-3)33-14-21(29)26-18-11-6-7-12-19(18)32-4/h6-13H,5,14H2,1-4H3,(H,26,29). The van der Waals surface area contributed by atoms with Crippen molar-refractivity contribution in [3.63, 3.8) is 0 Å². The number of benzene rings is 2. The Morgan fingerprint density at radius 2 is 1.94 bits per heavy atom. The molecule has 0 fully saturated rings. The number of nitrogens with zero attached hydrogens (tertiary/aromatic N) is 2. The van der Waals surface area contributed by atoms with Crippen LogP contribution in [0, 0.1) is 6.92 Å². The van der Waals surface area contributed by atoms with Crippen molar-refractivity contribution in [1.29, 1.82) is 0 Å². The van der Waals surface area contributed by atoms with Gasteiger partial charge in [0.15, 0.2) is 5.16 Å². The van der Waals surface area contributed by atoms with Crippen molar-refractivity contribution in [3.8, 4) is 17.2 Å². The Morgan fingerprint density at radius 3 is 2.68 bits per heavy atom. The van der Waals surface area contributed by atoms with E-state index in [0.717, 1.165) is 16.9 Å². The van der Waals surface area contributed by atoms with Crippen LogP contribution in [0.4, 0.5) is 5.69 Å². The molecule has 0 saturated carbocycles. The van der Waals surface area contributed by atoms with Crippen LogP contribution in [0.2, 0.25) is 0 Å². The number of carbonyl (C=O) groups is 1. The molecule has 1 amide bonds. The Labute approximate surface area is 205 Å². The molecule has 4 aromatic rings. The highest BCUT2D eigenvalue weighted by Gasteiger charge is 2.20. The van der Waals surface area contributed by atoms with Gasteiger partial charge in [-0.2, -0.15) is 0 Å². The lowest BCUT2D eigenvalue weighted by Gasteiger charge is -2.14. The van der Waals surface area contributed by atoms with Crippen LogP contribution in [0.5, 0.6) is 11.5 Å². The predicted molar refractivity (Wildman–Crippen MR) is 138 cm³/mol. The molecule has 2 aromatic heterocycles. The molecule has 9 heteroatoms. The monoisotopic (exact) mass is 495 g/mol. The number of hydrogen-bond acceptors (Lipinski definition) is 7. The molecule has 0 atom stereocenters. The zero-order valence-electron chi connectivity index (χ0n) is 19.4. The van der Waals surface area contributed by atoms with Crippen molar-refractivity contribution >= 4 is 44.9 Å². The van der Waals surface area contributed by atoms with E-state index in [1.54, 1.807) is 37.0 Å². The number of methoxy groups -OCH3 is 2. The van der Waals surface area contributed by atoms with Crippen LogP contribution in [-0.2, 0) is 11.2 Å². The summed E-state index contributed by atoms with van der Waals surface area (Å²) >= 11 is 2.74. The highest BCUT2D eigenvalue weighted by molar-refractivity contribution is 7.99. The lowest BCUT2D eigenvalue weighted by molar-refractivity contribution is -0.113. The molecule has 0 aliphatic carbocycles. The molecule has 0 bridgehead atoms. The first-order chi connectivity index (χ1) is 16.5. The van der Waals surface area contributed by atoms with Gasteiger partial charge in [-0.05, 0) is 43.2 Å². The minimum atomic E-state index is -0.224. The average molecular weight is 496 g/mol. The third-order valence-corrected chi connectivity index (χ3v) is 7.65. The second-order valence-electron chi connectivity index (χ2n) is 7.46. The zero-order chi connectivity index (χ0) is 24.2. The van der Waals surface area contributed by atoms with Gasteiger partial charge in [-0.15, -0.1) is 11.3 Å². The van der Waals surface area contributed by atoms with Crippen molar-refractivity contribution < 1.29 is 14.3 Å². The molecule has 0 radical (unpaired) electrons. The Kier molecular flexibility index (Phi) is 7.23. The molecule has 0 aliphatic rings. The highest BCUT2D eigenvalue weighted by Crippen LogP contribution is 2.31. The summed E-state index contributed by atoms with van der Waals surface area (Å²) in [5, 5.41) is 3.93.